The van der Waals surface area contributed by atoms with Gasteiger partial charge in [-0.3, -0.25) is 0 Å². The Labute approximate surface area is 98.3 Å². The van der Waals surface area contributed by atoms with Crippen LogP contribution < -0.4 is 5.32 Å². The Kier molecular flexibility index (Phi) is 5.03. The van der Waals surface area contributed by atoms with E-state index >= 15 is 0 Å². The van der Waals surface area contributed by atoms with Crippen molar-refractivity contribution in [3.8, 4) is 0 Å². The first-order chi connectivity index (χ1) is 7.90. The maximum Gasteiger partial charge on any atom is 0.0700 e. The number of nitrogens with zero attached hydrogens (tertiary/aromatic N) is 1. The lowest BCUT2D eigenvalue weighted by molar-refractivity contribution is 0.0462. The SMILES string of the molecule is COCCOCCN1CCC2CNCC2C1. The molecule has 0 bridgehead atoms. The Balaban J connectivity index is 1.56. The molecule has 4 heteroatoms. The van der Waals surface area contributed by atoms with Crippen LogP contribution in [0.25, 0.3) is 0 Å². The van der Waals surface area contributed by atoms with E-state index in [1.807, 2.05) is 0 Å². The van der Waals surface area contributed by atoms with Gasteiger partial charge in [0.25, 0.3) is 0 Å². The number of fused-ring (bicyclic) bond motifs is 1. The highest BCUT2D eigenvalue weighted by Gasteiger charge is 2.32. The summed E-state index contributed by atoms with van der Waals surface area (Å²) >= 11 is 0. The molecule has 0 radical (unpaired) electrons. The molecule has 2 saturated heterocycles. The minimum Gasteiger partial charge on any atom is -0.382 e. The van der Waals surface area contributed by atoms with Crippen molar-refractivity contribution in [1.82, 2.24) is 10.2 Å². The quantitative estimate of drug-likeness (QED) is 0.658. The number of likely N-dealkylation sites (tertiary alicyclic amines) is 1. The molecule has 0 aromatic rings. The smallest absolute Gasteiger partial charge is 0.0700 e. The van der Waals surface area contributed by atoms with Gasteiger partial charge in [-0.25, -0.2) is 0 Å². The largest absolute Gasteiger partial charge is 0.382 e. The molecule has 2 unspecified atom stereocenters. The van der Waals surface area contributed by atoms with Crippen LogP contribution >= 0.6 is 0 Å². The first kappa shape index (κ1) is 12.3. The lowest BCUT2D eigenvalue weighted by Gasteiger charge is -2.34. The minimum absolute atomic E-state index is 0.703. The number of piperidine rings is 1. The monoisotopic (exact) mass is 228 g/mol. The van der Waals surface area contributed by atoms with E-state index in [-0.39, 0.29) is 0 Å². The van der Waals surface area contributed by atoms with Gasteiger partial charge >= 0.3 is 0 Å². The molecule has 16 heavy (non-hydrogen) atoms. The summed E-state index contributed by atoms with van der Waals surface area (Å²) in [6, 6.07) is 0. The van der Waals surface area contributed by atoms with Crippen LogP contribution in [0.4, 0.5) is 0 Å². The van der Waals surface area contributed by atoms with E-state index in [0.29, 0.717) is 6.61 Å². The fourth-order valence-electron chi connectivity index (χ4n) is 2.75. The average Bonchev–Trinajstić information content (AvgIpc) is 2.76. The molecule has 4 nitrogen and oxygen atoms in total. The summed E-state index contributed by atoms with van der Waals surface area (Å²) in [4.78, 5) is 2.54. The van der Waals surface area contributed by atoms with E-state index in [2.05, 4.69) is 10.2 Å². The summed E-state index contributed by atoms with van der Waals surface area (Å²) in [7, 11) is 1.71. The van der Waals surface area contributed by atoms with Crippen molar-refractivity contribution in [3.63, 3.8) is 0 Å². The zero-order chi connectivity index (χ0) is 11.2. The van der Waals surface area contributed by atoms with Gasteiger partial charge in [0.2, 0.25) is 0 Å². The summed E-state index contributed by atoms with van der Waals surface area (Å²) in [6.45, 7) is 8.30. The van der Waals surface area contributed by atoms with Gasteiger partial charge in [-0.05, 0) is 37.9 Å². The van der Waals surface area contributed by atoms with Crippen LogP contribution in [0.2, 0.25) is 0 Å². The summed E-state index contributed by atoms with van der Waals surface area (Å²) in [5.41, 5.74) is 0. The van der Waals surface area contributed by atoms with Gasteiger partial charge in [0.1, 0.15) is 0 Å². The van der Waals surface area contributed by atoms with Crippen molar-refractivity contribution >= 4 is 0 Å². The first-order valence-electron chi connectivity index (χ1n) is 6.40. The van der Waals surface area contributed by atoms with E-state index in [9.17, 15) is 0 Å². The zero-order valence-electron chi connectivity index (χ0n) is 10.3. The molecule has 0 aromatic carbocycles. The summed E-state index contributed by atoms with van der Waals surface area (Å²) in [5, 5.41) is 3.49. The predicted molar refractivity (Wildman–Crippen MR) is 63.6 cm³/mol. The average molecular weight is 228 g/mol. The van der Waals surface area contributed by atoms with E-state index in [1.165, 1.54) is 32.6 Å². The van der Waals surface area contributed by atoms with Crippen LogP contribution in [-0.2, 0) is 9.47 Å². The molecular formula is C12H24N2O2. The Hall–Kier alpha value is -0.160. The van der Waals surface area contributed by atoms with Crippen molar-refractivity contribution in [2.24, 2.45) is 11.8 Å². The topological polar surface area (TPSA) is 33.7 Å². The molecule has 0 aromatic heterocycles. The number of hydrogen-bond donors (Lipinski definition) is 1. The highest BCUT2D eigenvalue weighted by Crippen LogP contribution is 2.25. The number of methoxy groups -OCH3 is 1. The lowest BCUT2D eigenvalue weighted by Crippen LogP contribution is -2.41. The zero-order valence-corrected chi connectivity index (χ0v) is 10.3. The van der Waals surface area contributed by atoms with Crippen molar-refractivity contribution in [1.29, 1.82) is 0 Å². The van der Waals surface area contributed by atoms with Gasteiger partial charge in [-0.2, -0.15) is 0 Å². The molecule has 0 amide bonds. The van der Waals surface area contributed by atoms with Crippen molar-refractivity contribution in [2.75, 3.05) is 59.7 Å². The van der Waals surface area contributed by atoms with Crippen molar-refractivity contribution in [3.05, 3.63) is 0 Å². The molecule has 0 saturated carbocycles. The fourth-order valence-corrected chi connectivity index (χ4v) is 2.75. The Bertz CT molecular complexity index is 201. The van der Waals surface area contributed by atoms with Gasteiger partial charge in [-0.1, -0.05) is 0 Å². The van der Waals surface area contributed by atoms with Crippen molar-refractivity contribution < 1.29 is 9.47 Å². The van der Waals surface area contributed by atoms with Gasteiger partial charge in [0, 0.05) is 20.2 Å². The maximum atomic E-state index is 5.51. The number of nitrogens with one attached hydrogen (secondary N) is 1. The Morgan fingerprint density at radius 2 is 2.06 bits per heavy atom. The second-order valence-corrected chi connectivity index (χ2v) is 4.87. The van der Waals surface area contributed by atoms with Crippen LogP contribution in [0.1, 0.15) is 6.42 Å². The van der Waals surface area contributed by atoms with Gasteiger partial charge in [0.15, 0.2) is 0 Å². The van der Waals surface area contributed by atoms with Crippen LogP contribution in [-0.4, -0.2) is 64.6 Å². The highest BCUT2D eigenvalue weighted by molar-refractivity contribution is 4.87. The van der Waals surface area contributed by atoms with Gasteiger partial charge < -0.3 is 19.7 Å². The molecule has 2 aliphatic rings. The molecule has 0 spiro atoms. The highest BCUT2D eigenvalue weighted by atomic mass is 16.5. The molecule has 2 rings (SSSR count). The molecule has 1 N–H and O–H groups in total. The first-order valence-corrected chi connectivity index (χ1v) is 6.40. The molecule has 94 valence electrons. The fraction of sp³-hybridized carbons (Fsp3) is 1.00. The van der Waals surface area contributed by atoms with Gasteiger partial charge in [0.05, 0.1) is 19.8 Å². The predicted octanol–water partition coefficient (Wildman–Crippen LogP) is 0.191. The lowest BCUT2D eigenvalue weighted by atomic mass is 9.89. The summed E-state index contributed by atoms with van der Waals surface area (Å²) < 4.78 is 10.4. The second kappa shape index (κ2) is 6.55. The third-order valence-corrected chi connectivity index (χ3v) is 3.77. The maximum absolute atomic E-state index is 5.51. The minimum atomic E-state index is 0.703. The second-order valence-electron chi connectivity index (χ2n) is 4.87. The molecule has 2 aliphatic heterocycles. The van der Waals surface area contributed by atoms with Crippen molar-refractivity contribution in [2.45, 2.75) is 6.42 Å². The standard InChI is InChI=1S/C12H24N2O2/c1-15-6-7-16-5-4-14-3-2-11-8-13-9-12(11)10-14/h11-13H,2-10H2,1H3. The van der Waals surface area contributed by atoms with Crippen LogP contribution in [0.5, 0.6) is 0 Å². The third kappa shape index (κ3) is 3.42. The number of hydrogen-bond acceptors (Lipinski definition) is 4. The van der Waals surface area contributed by atoms with E-state index in [0.717, 1.165) is 31.6 Å². The molecule has 2 heterocycles. The Morgan fingerprint density at radius 1 is 1.19 bits per heavy atom. The third-order valence-electron chi connectivity index (χ3n) is 3.77. The summed E-state index contributed by atoms with van der Waals surface area (Å²) in [5.74, 6) is 1.82. The van der Waals surface area contributed by atoms with Gasteiger partial charge in [-0.15, -0.1) is 0 Å². The molecule has 2 fully saturated rings. The summed E-state index contributed by atoms with van der Waals surface area (Å²) in [6.07, 6.45) is 1.36. The van der Waals surface area contributed by atoms with E-state index in [1.54, 1.807) is 7.11 Å². The number of ether oxygens (including phenoxy) is 2. The normalized spacial score (nSPS) is 30.6. The van der Waals surface area contributed by atoms with Crippen LogP contribution in [0, 0.1) is 11.8 Å². The molecule has 0 aliphatic carbocycles. The number of rotatable bonds is 6. The Morgan fingerprint density at radius 3 is 2.94 bits per heavy atom. The van der Waals surface area contributed by atoms with Crippen LogP contribution in [0.15, 0.2) is 0 Å². The van der Waals surface area contributed by atoms with E-state index < -0.39 is 0 Å². The molecule has 2 atom stereocenters. The molecular weight excluding hydrogens is 204 g/mol. The van der Waals surface area contributed by atoms with Crippen LogP contribution in [0.3, 0.4) is 0 Å². The van der Waals surface area contributed by atoms with E-state index in [4.69, 9.17) is 9.47 Å².